The number of piperazine rings is 1. The summed E-state index contributed by atoms with van der Waals surface area (Å²) in [5, 5.41) is 8.09. The zero-order valence-corrected chi connectivity index (χ0v) is 18.7. The summed E-state index contributed by atoms with van der Waals surface area (Å²) in [5.74, 6) is 1.83. The van der Waals surface area contributed by atoms with Crippen molar-refractivity contribution in [2.75, 3.05) is 70.7 Å². The molecule has 2 aromatic heterocycles. The molecule has 0 spiro atoms. The van der Waals surface area contributed by atoms with E-state index < -0.39 is 0 Å². The average Bonchev–Trinajstić information content (AvgIpc) is 2.81. The summed E-state index contributed by atoms with van der Waals surface area (Å²) < 4.78 is 5.43. The molecule has 0 saturated carbocycles. The number of hydrogen-bond acceptors (Lipinski definition) is 7. The highest BCUT2D eigenvalue weighted by Crippen LogP contribution is 2.31. The van der Waals surface area contributed by atoms with Crippen LogP contribution in [0.25, 0.3) is 22.2 Å². The minimum absolute atomic E-state index is 0.808. The molecule has 1 saturated heterocycles. The van der Waals surface area contributed by atoms with Crippen LogP contribution in [0.1, 0.15) is 6.42 Å². The molecule has 0 radical (unpaired) electrons. The van der Waals surface area contributed by atoms with Gasteiger partial charge in [0.15, 0.2) is 0 Å². The van der Waals surface area contributed by atoms with Crippen molar-refractivity contribution < 1.29 is 4.74 Å². The molecule has 1 aliphatic heterocycles. The topological polar surface area (TPSA) is 65.6 Å². The SMILES string of the molecule is COc1ccc2c(NCCCN(C)C)cc(-c3ccc(N4CCNCC4)nc3)nc2c1. The highest BCUT2D eigenvalue weighted by atomic mass is 16.5. The van der Waals surface area contributed by atoms with Gasteiger partial charge in [0.2, 0.25) is 0 Å². The van der Waals surface area contributed by atoms with Gasteiger partial charge in [0, 0.05) is 61.6 Å². The average molecular weight is 421 g/mol. The van der Waals surface area contributed by atoms with Gasteiger partial charge in [-0.15, -0.1) is 0 Å². The molecule has 0 bridgehead atoms. The fraction of sp³-hybridized carbons (Fsp3) is 0.417. The van der Waals surface area contributed by atoms with E-state index in [0.29, 0.717) is 0 Å². The maximum atomic E-state index is 5.43. The number of hydrogen-bond donors (Lipinski definition) is 2. The van der Waals surface area contributed by atoms with Crippen LogP contribution in [0.5, 0.6) is 5.75 Å². The van der Waals surface area contributed by atoms with Crippen LogP contribution in [0.4, 0.5) is 11.5 Å². The zero-order chi connectivity index (χ0) is 21.6. The summed E-state index contributed by atoms with van der Waals surface area (Å²) >= 11 is 0. The van der Waals surface area contributed by atoms with Gasteiger partial charge in [-0.1, -0.05) is 0 Å². The molecule has 3 heterocycles. The molecule has 7 nitrogen and oxygen atoms in total. The molecule has 2 N–H and O–H groups in total. The molecular weight excluding hydrogens is 388 g/mol. The Morgan fingerprint density at radius 1 is 1.13 bits per heavy atom. The number of benzene rings is 1. The second-order valence-corrected chi connectivity index (χ2v) is 8.16. The van der Waals surface area contributed by atoms with Crippen LogP contribution in [0.2, 0.25) is 0 Å². The Balaban J connectivity index is 1.62. The van der Waals surface area contributed by atoms with E-state index in [1.165, 1.54) is 0 Å². The Hall–Kier alpha value is -2.90. The fourth-order valence-corrected chi connectivity index (χ4v) is 3.87. The lowest BCUT2D eigenvalue weighted by atomic mass is 10.1. The van der Waals surface area contributed by atoms with E-state index in [9.17, 15) is 0 Å². The number of anilines is 2. The number of rotatable bonds is 8. The second kappa shape index (κ2) is 9.94. The van der Waals surface area contributed by atoms with Crippen molar-refractivity contribution >= 4 is 22.4 Å². The first-order chi connectivity index (χ1) is 15.1. The maximum absolute atomic E-state index is 5.43. The predicted octanol–water partition coefficient (Wildman–Crippen LogP) is 3.08. The minimum atomic E-state index is 0.808. The standard InChI is InChI=1S/C24H32N6O/c1-29(2)12-4-9-26-22-16-21(28-23-15-19(31-3)6-7-20(22)23)18-5-8-24(27-17-18)30-13-10-25-11-14-30/h5-8,15-17,25H,4,9-14H2,1-3H3,(H,26,28). The lowest BCUT2D eigenvalue weighted by molar-refractivity contribution is 0.405. The van der Waals surface area contributed by atoms with Crippen molar-refractivity contribution in [1.82, 2.24) is 20.2 Å². The van der Waals surface area contributed by atoms with Crippen LogP contribution in [0.3, 0.4) is 0 Å². The predicted molar refractivity (Wildman–Crippen MR) is 128 cm³/mol. The van der Waals surface area contributed by atoms with E-state index in [1.54, 1.807) is 7.11 Å². The number of pyridine rings is 2. The lowest BCUT2D eigenvalue weighted by Gasteiger charge is -2.28. The van der Waals surface area contributed by atoms with E-state index in [2.05, 4.69) is 58.8 Å². The molecule has 1 aromatic carbocycles. The molecule has 3 aromatic rings. The van der Waals surface area contributed by atoms with Gasteiger partial charge in [-0.25, -0.2) is 9.97 Å². The molecular formula is C24H32N6O. The monoisotopic (exact) mass is 420 g/mol. The first kappa shape index (κ1) is 21.3. The van der Waals surface area contributed by atoms with Crippen LogP contribution in [0, 0.1) is 0 Å². The normalized spacial score (nSPS) is 14.3. The Morgan fingerprint density at radius 2 is 1.97 bits per heavy atom. The quantitative estimate of drug-likeness (QED) is 0.543. The molecule has 4 rings (SSSR count). The lowest BCUT2D eigenvalue weighted by Crippen LogP contribution is -2.43. The largest absolute Gasteiger partial charge is 0.497 e. The van der Waals surface area contributed by atoms with Gasteiger partial charge in [-0.3, -0.25) is 0 Å². The smallest absolute Gasteiger partial charge is 0.128 e. The third kappa shape index (κ3) is 5.24. The van der Waals surface area contributed by atoms with Gasteiger partial charge in [-0.2, -0.15) is 0 Å². The van der Waals surface area contributed by atoms with Gasteiger partial charge >= 0.3 is 0 Å². The maximum Gasteiger partial charge on any atom is 0.128 e. The number of ether oxygens (including phenoxy) is 1. The second-order valence-electron chi connectivity index (χ2n) is 8.16. The van der Waals surface area contributed by atoms with Crippen LogP contribution in [0.15, 0.2) is 42.6 Å². The third-order valence-electron chi connectivity index (χ3n) is 5.60. The van der Waals surface area contributed by atoms with Crippen LogP contribution in [-0.2, 0) is 0 Å². The molecule has 31 heavy (non-hydrogen) atoms. The Kier molecular flexibility index (Phi) is 6.84. The number of nitrogens with one attached hydrogen (secondary N) is 2. The highest BCUT2D eigenvalue weighted by molar-refractivity contribution is 5.94. The van der Waals surface area contributed by atoms with Gasteiger partial charge < -0.3 is 25.2 Å². The molecule has 7 heteroatoms. The number of aromatic nitrogens is 2. The van der Waals surface area contributed by atoms with Crippen molar-refractivity contribution in [2.24, 2.45) is 0 Å². The Labute approximate surface area is 184 Å². The Bertz CT molecular complexity index is 999. The highest BCUT2D eigenvalue weighted by Gasteiger charge is 2.13. The first-order valence-corrected chi connectivity index (χ1v) is 10.9. The summed E-state index contributed by atoms with van der Waals surface area (Å²) in [5.41, 5.74) is 3.93. The zero-order valence-electron chi connectivity index (χ0n) is 18.7. The van der Waals surface area contributed by atoms with Crippen molar-refractivity contribution in [3.63, 3.8) is 0 Å². The van der Waals surface area contributed by atoms with E-state index in [-0.39, 0.29) is 0 Å². The number of methoxy groups -OCH3 is 1. The van der Waals surface area contributed by atoms with Gasteiger partial charge in [0.25, 0.3) is 0 Å². The summed E-state index contributed by atoms with van der Waals surface area (Å²) in [4.78, 5) is 14.2. The van der Waals surface area contributed by atoms with Crippen molar-refractivity contribution in [2.45, 2.75) is 6.42 Å². The van der Waals surface area contributed by atoms with Gasteiger partial charge in [-0.05, 0) is 57.4 Å². The van der Waals surface area contributed by atoms with Crippen molar-refractivity contribution in [3.8, 4) is 17.0 Å². The molecule has 0 atom stereocenters. The summed E-state index contributed by atoms with van der Waals surface area (Å²) in [6.45, 7) is 5.93. The summed E-state index contributed by atoms with van der Waals surface area (Å²) in [6.07, 6.45) is 3.00. The van der Waals surface area contributed by atoms with Crippen molar-refractivity contribution in [3.05, 3.63) is 42.6 Å². The van der Waals surface area contributed by atoms with Crippen LogP contribution in [-0.4, -0.2) is 75.3 Å². The molecule has 164 valence electrons. The van der Waals surface area contributed by atoms with Crippen LogP contribution < -0.4 is 20.3 Å². The number of nitrogens with zero attached hydrogens (tertiary/aromatic N) is 4. The van der Waals surface area contributed by atoms with E-state index in [1.807, 2.05) is 18.3 Å². The first-order valence-electron chi connectivity index (χ1n) is 10.9. The molecule has 0 amide bonds. The van der Waals surface area contributed by atoms with Crippen LogP contribution >= 0.6 is 0 Å². The minimum Gasteiger partial charge on any atom is -0.497 e. The van der Waals surface area contributed by atoms with Gasteiger partial charge in [0.05, 0.1) is 18.3 Å². The van der Waals surface area contributed by atoms with E-state index in [0.717, 1.165) is 85.1 Å². The molecule has 1 fully saturated rings. The molecule has 1 aliphatic rings. The van der Waals surface area contributed by atoms with E-state index >= 15 is 0 Å². The third-order valence-corrected chi connectivity index (χ3v) is 5.60. The molecule has 0 aliphatic carbocycles. The Morgan fingerprint density at radius 3 is 2.68 bits per heavy atom. The summed E-state index contributed by atoms with van der Waals surface area (Å²) in [6, 6.07) is 12.4. The molecule has 0 unspecified atom stereocenters. The van der Waals surface area contributed by atoms with Gasteiger partial charge in [0.1, 0.15) is 11.6 Å². The number of fused-ring (bicyclic) bond motifs is 1. The summed E-state index contributed by atoms with van der Waals surface area (Å²) in [7, 11) is 5.89. The van der Waals surface area contributed by atoms with Crippen molar-refractivity contribution in [1.29, 1.82) is 0 Å². The van der Waals surface area contributed by atoms with E-state index in [4.69, 9.17) is 14.7 Å². The fourth-order valence-electron chi connectivity index (χ4n) is 3.87.